The Balaban J connectivity index is 1.90. The molecule has 0 aliphatic heterocycles. The molecule has 3 aromatic rings. The lowest BCUT2D eigenvalue weighted by Gasteiger charge is -2.14. The van der Waals surface area contributed by atoms with Gasteiger partial charge in [0, 0.05) is 11.1 Å². The van der Waals surface area contributed by atoms with Crippen LogP contribution >= 0.6 is 23.1 Å². The number of thiazole rings is 1. The van der Waals surface area contributed by atoms with E-state index in [1.165, 1.54) is 11.8 Å². The molecule has 0 atom stereocenters. The lowest BCUT2D eigenvalue weighted by atomic mass is 9.96. The van der Waals surface area contributed by atoms with Gasteiger partial charge in [0.25, 0.3) is 6.43 Å². The van der Waals surface area contributed by atoms with E-state index in [1.807, 2.05) is 6.20 Å². The van der Waals surface area contributed by atoms with Gasteiger partial charge in [0.15, 0.2) is 9.99 Å². The molecule has 0 amide bonds. The van der Waals surface area contributed by atoms with Crippen LogP contribution in [0.3, 0.4) is 0 Å². The van der Waals surface area contributed by atoms with Crippen LogP contribution in [0, 0.1) is 0 Å². The summed E-state index contributed by atoms with van der Waals surface area (Å²) in [6.45, 7) is 6.35. The van der Waals surface area contributed by atoms with E-state index in [1.54, 1.807) is 23.5 Å². The van der Waals surface area contributed by atoms with Gasteiger partial charge in [0.1, 0.15) is 5.03 Å². The molecule has 116 valence electrons. The standard InChI is InChI=1S/C13H13F2N5S2/c1-13(2,3)7-6-16-12(21-7)22-9-5-4-8-17-18-11(10(14)15)20(8)19-9/h4-6,10H,1-3H3. The summed E-state index contributed by atoms with van der Waals surface area (Å²) in [6, 6.07) is 3.34. The van der Waals surface area contributed by atoms with Crippen LogP contribution in [-0.4, -0.2) is 24.8 Å². The second-order valence-electron chi connectivity index (χ2n) is 5.64. The van der Waals surface area contributed by atoms with E-state index < -0.39 is 12.2 Å². The van der Waals surface area contributed by atoms with Gasteiger partial charge in [-0.05, 0) is 29.3 Å². The van der Waals surface area contributed by atoms with Crippen LogP contribution in [0.2, 0.25) is 0 Å². The average Bonchev–Trinajstić information content (AvgIpc) is 3.04. The summed E-state index contributed by atoms with van der Waals surface area (Å²) in [4.78, 5) is 5.52. The molecule has 0 aliphatic rings. The number of rotatable bonds is 3. The van der Waals surface area contributed by atoms with E-state index in [2.05, 4.69) is 41.1 Å². The minimum Gasteiger partial charge on any atom is -0.237 e. The fourth-order valence-corrected chi connectivity index (χ4v) is 3.66. The van der Waals surface area contributed by atoms with Crippen molar-refractivity contribution in [2.45, 2.75) is 42.0 Å². The number of fused-ring (bicyclic) bond motifs is 1. The van der Waals surface area contributed by atoms with Crippen molar-refractivity contribution in [3.63, 3.8) is 0 Å². The zero-order chi connectivity index (χ0) is 15.9. The molecule has 0 saturated heterocycles. The number of nitrogens with zero attached hydrogens (tertiary/aromatic N) is 5. The first kappa shape index (κ1) is 15.3. The quantitative estimate of drug-likeness (QED) is 0.721. The molecule has 0 saturated carbocycles. The molecule has 5 nitrogen and oxygen atoms in total. The normalized spacial score (nSPS) is 12.5. The number of hydrogen-bond donors (Lipinski definition) is 0. The van der Waals surface area contributed by atoms with Crippen LogP contribution in [0.15, 0.2) is 27.7 Å². The van der Waals surface area contributed by atoms with E-state index in [0.717, 1.165) is 13.7 Å². The topological polar surface area (TPSA) is 56.0 Å². The predicted octanol–water partition coefficient (Wildman–Crippen LogP) is 3.97. The van der Waals surface area contributed by atoms with E-state index in [-0.39, 0.29) is 5.41 Å². The summed E-state index contributed by atoms with van der Waals surface area (Å²) in [6.07, 6.45) is -0.871. The minimum atomic E-state index is -2.71. The first-order valence-electron chi connectivity index (χ1n) is 6.49. The zero-order valence-electron chi connectivity index (χ0n) is 12.1. The molecule has 9 heteroatoms. The van der Waals surface area contributed by atoms with Crippen molar-refractivity contribution in [1.82, 2.24) is 24.8 Å². The molecular weight excluding hydrogens is 328 g/mol. The van der Waals surface area contributed by atoms with Crippen LogP contribution in [0.4, 0.5) is 8.78 Å². The summed E-state index contributed by atoms with van der Waals surface area (Å²) in [5.74, 6) is -0.452. The Morgan fingerprint density at radius 1 is 1.23 bits per heavy atom. The lowest BCUT2D eigenvalue weighted by Crippen LogP contribution is -2.07. The summed E-state index contributed by atoms with van der Waals surface area (Å²) in [5.41, 5.74) is 0.333. The number of hydrogen-bond acceptors (Lipinski definition) is 6. The van der Waals surface area contributed by atoms with Crippen LogP contribution in [0.5, 0.6) is 0 Å². The second-order valence-corrected chi connectivity index (χ2v) is 7.94. The molecule has 0 fully saturated rings. The Morgan fingerprint density at radius 3 is 2.64 bits per heavy atom. The number of alkyl halides is 2. The lowest BCUT2D eigenvalue weighted by molar-refractivity contribution is 0.137. The fourth-order valence-electron chi connectivity index (χ4n) is 1.72. The molecule has 0 spiro atoms. The van der Waals surface area contributed by atoms with E-state index >= 15 is 0 Å². The van der Waals surface area contributed by atoms with Crippen molar-refractivity contribution < 1.29 is 8.78 Å². The van der Waals surface area contributed by atoms with Gasteiger partial charge in [-0.3, -0.25) is 0 Å². The Morgan fingerprint density at radius 2 is 2.00 bits per heavy atom. The summed E-state index contributed by atoms with van der Waals surface area (Å²) in [7, 11) is 0. The Labute approximate surface area is 133 Å². The van der Waals surface area contributed by atoms with Crippen LogP contribution in [0.25, 0.3) is 5.65 Å². The monoisotopic (exact) mass is 341 g/mol. The molecule has 22 heavy (non-hydrogen) atoms. The van der Waals surface area contributed by atoms with Crippen molar-refractivity contribution in [2.24, 2.45) is 0 Å². The van der Waals surface area contributed by atoms with Crippen molar-refractivity contribution in [1.29, 1.82) is 0 Å². The average molecular weight is 341 g/mol. The highest BCUT2D eigenvalue weighted by molar-refractivity contribution is 8.01. The maximum absolute atomic E-state index is 12.8. The third kappa shape index (κ3) is 2.95. The Kier molecular flexibility index (Phi) is 3.85. The van der Waals surface area contributed by atoms with Gasteiger partial charge in [0.2, 0.25) is 5.82 Å². The van der Waals surface area contributed by atoms with Gasteiger partial charge in [0.05, 0.1) is 0 Å². The SMILES string of the molecule is CC(C)(C)c1cnc(Sc2ccc3nnc(C(F)F)n3n2)s1. The molecule has 0 aliphatic carbocycles. The van der Waals surface area contributed by atoms with Gasteiger partial charge in [-0.2, -0.15) is 9.61 Å². The zero-order valence-corrected chi connectivity index (χ0v) is 13.8. The number of halogens is 2. The summed E-state index contributed by atoms with van der Waals surface area (Å²) in [5, 5.41) is 11.9. The predicted molar refractivity (Wildman–Crippen MR) is 80.7 cm³/mol. The van der Waals surface area contributed by atoms with Crippen LogP contribution in [-0.2, 0) is 5.41 Å². The van der Waals surface area contributed by atoms with Gasteiger partial charge in [-0.1, -0.05) is 20.8 Å². The summed E-state index contributed by atoms with van der Waals surface area (Å²) >= 11 is 2.91. The molecule has 0 bridgehead atoms. The first-order valence-corrected chi connectivity index (χ1v) is 8.12. The molecule has 3 aromatic heterocycles. The highest BCUT2D eigenvalue weighted by Crippen LogP contribution is 2.35. The molecular formula is C13H13F2N5S2. The van der Waals surface area contributed by atoms with Crippen LogP contribution < -0.4 is 0 Å². The Hall–Kier alpha value is -1.61. The minimum absolute atomic E-state index is 0.0327. The highest BCUT2D eigenvalue weighted by Gasteiger charge is 2.19. The first-order chi connectivity index (χ1) is 10.3. The second kappa shape index (κ2) is 5.54. The Bertz CT molecular complexity index is 806. The third-order valence-electron chi connectivity index (χ3n) is 2.87. The van der Waals surface area contributed by atoms with Gasteiger partial charge < -0.3 is 0 Å². The largest absolute Gasteiger partial charge is 0.299 e. The van der Waals surface area contributed by atoms with Crippen molar-refractivity contribution in [2.75, 3.05) is 0 Å². The van der Waals surface area contributed by atoms with E-state index in [0.29, 0.717) is 10.7 Å². The maximum Gasteiger partial charge on any atom is 0.299 e. The van der Waals surface area contributed by atoms with Gasteiger partial charge >= 0.3 is 0 Å². The number of aromatic nitrogens is 5. The van der Waals surface area contributed by atoms with E-state index in [4.69, 9.17) is 0 Å². The molecule has 0 radical (unpaired) electrons. The van der Waals surface area contributed by atoms with Crippen LogP contribution in [0.1, 0.15) is 37.9 Å². The van der Waals surface area contributed by atoms with E-state index in [9.17, 15) is 8.78 Å². The van der Waals surface area contributed by atoms with Crippen molar-refractivity contribution in [3.8, 4) is 0 Å². The summed E-state index contributed by atoms with van der Waals surface area (Å²) < 4.78 is 27.6. The van der Waals surface area contributed by atoms with Gasteiger partial charge in [-0.25, -0.2) is 13.8 Å². The molecule has 0 N–H and O–H groups in total. The maximum atomic E-state index is 12.8. The molecule has 3 rings (SSSR count). The molecule has 0 unspecified atom stereocenters. The van der Waals surface area contributed by atoms with Crippen molar-refractivity contribution in [3.05, 3.63) is 29.0 Å². The van der Waals surface area contributed by atoms with Gasteiger partial charge in [-0.15, -0.1) is 21.5 Å². The molecule has 3 heterocycles. The fraction of sp³-hybridized carbons (Fsp3) is 0.385. The highest BCUT2D eigenvalue weighted by atomic mass is 32.2. The third-order valence-corrected chi connectivity index (χ3v) is 5.30. The van der Waals surface area contributed by atoms with Crippen molar-refractivity contribution >= 4 is 28.7 Å². The molecule has 0 aromatic carbocycles. The smallest absolute Gasteiger partial charge is 0.237 e.